The second-order valence-corrected chi connectivity index (χ2v) is 6.52. The maximum Gasteiger partial charge on any atom is 0.0400 e. The van der Waals surface area contributed by atoms with Crippen molar-refractivity contribution in [3.63, 3.8) is 0 Å². The number of hydrogen-bond acceptors (Lipinski definition) is 1. The molecule has 2 rings (SSSR count). The van der Waals surface area contributed by atoms with Crippen molar-refractivity contribution in [1.82, 2.24) is 0 Å². The molecule has 0 spiro atoms. The predicted molar refractivity (Wildman–Crippen MR) is 91.5 cm³/mol. The van der Waals surface area contributed by atoms with Gasteiger partial charge in [-0.15, -0.1) is 0 Å². The molecular formula is C17H20IN. The summed E-state index contributed by atoms with van der Waals surface area (Å²) in [6, 6.07) is 17.4. The second kappa shape index (κ2) is 6.94. The van der Waals surface area contributed by atoms with Gasteiger partial charge in [0.1, 0.15) is 0 Å². The van der Waals surface area contributed by atoms with Crippen LogP contribution in [0.25, 0.3) is 0 Å². The lowest BCUT2D eigenvalue weighted by Crippen LogP contribution is -2.00. The van der Waals surface area contributed by atoms with Crippen molar-refractivity contribution in [1.29, 1.82) is 0 Å². The number of benzene rings is 2. The number of nitrogens with one attached hydrogen (secondary N) is 1. The smallest absolute Gasteiger partial charge is 0.0400 e. The van der Waals surface area contributed by atoms with Crippen LogP contribution >= 0.6 is 22.6 Å². The van der Waals surface area contributed by atoms with E-state index in [1.807, 2.05) is 0 Å². The number of anilines is 1. The lowest BCUT2D eigenvalue weighted by Gasteiger charge is -2.09. The fraction of sp³-hybridized carbons (Fsp3) is 0.294. The fourth-order valence-electron chi connectivity index (χ4n) is 2.07. The minimum absolute atomic E-state index is 0.718. The normalized spacial score (nSPS) is 10.7. The molecule has 0 aliphatic heterocycles. The van der Waals surface area contributed by atoms with Gasteiger partial charge in [0.05, 0.1) is 0 Å². The van der Waals surface area contributed by atoms with Crippen molar-refractivity contribution in [2.24, 2.45) is 5.92 Å². The maximum absolute atomic E-state index is 3.46. The summed E-state index contributed by atoms with van der Waals surface area (Å²) in [5.74, 6) is 0.718. The molecule has 0 unspecified atom stereocenters. The standard InChI is InChI=1S/C17H20IN/c1-13(2)10-14-6-8-15(9-7-14)12-19-17-5-3-4-16(18)11-17/h3-9,11,13,19H,10,12H2,1-2H3. The average molecular weight is 365 g/mol. The highest BCUT2D eigenvalue weighted by Crippen LogP contribution is 2.14. The third kappa shape index (κ3) is 4.86. The van der Waals surface area contributed by atoms with Gasteiger partial charge in [-0.25, -0.2) is 0 Å². The third-order valence-corrected chi connectivity index (χ3v) is 3.66. The minimum Gasteiger partial charge on any atom is -0.381 e. The Balaban J connectivity index is 1.93. The van der Waals surface area contributed by atoms with E-state index in [2.05, 4.69) is 90.3 Å². The van der Waals surface area contributed by atoms with Crippen molar-refractivity contribution in [2.75, 3.05) is 5.32 Å². The Kier molecular flexibility index (Phi) is 5.25. The van der Waals surface area contributed by atoms with Crippen LogP contribution in [0.4, 0.5) is 5.69 Å². The van der Waals surface area contributed by atoms with Gasteiger partial charge in [-0.1, -0.05) is 44.2 Å². The molecule has 19 heavy (non-hydrogen) atoms. The Morgan fingerprint density at radius 1 is 1.00 bits per heavy atom. The van der Waals surface area contributed by atoms with Crippen molar-refractivity contribution in [3.05, 3.63) is 63.2 Å². The SMILES string of the molecule is CC(C)Cc1ccc(CNc2cccc(I)c2)cc1. The zero-order valence-electron chi connectivity index (χ0n) is 11.5. The number of hydrogen-bond donors (Lipinski definition) is 1. The first-order valence-corrected chi connectivity index (χ1v) is 7.78. The topological polar surface area (TPSA) is 12.0 Å². The molecule has 1 nitrogen and oxygen atoms in total. The highest BCUT2D eigenvalue weighted by Gasteiger charge is 1.99. The van der Waals surface area contributed by atoms with Gasteiger partial charge in [-0.2, -0.15) is 0 Å². The predicted octanol–water partition coefficient (Wildman–Crippen LogP) is 5.10. The van der Waals surface area contributed by atoms with Crippen LogP contribution in [0.15, 0.2) is 48.5 Å². The van der Waals surface area contributed by atoms with E-state index in [0.29, 0.717) is 0 Å². The first-order chi connectivity index (χ1) is 9.13. The molecule has 0 saturated carbocycles. The lowest BCUT2D eigenvalue weighted by molar-refractivity contribution is 0.647. The largest absolute Gasteiger partial charge is 0.381 e. The first kappa shape index (κ1) is 14.4. The van der Waals surface area contributed by atoms with Crippen LogP contribution in [0.2, 0.25) is 0 Å². The molecule has 0 aliphatic rings. The summed E-state index contributed by atoms with van der Waals surface area (Å²) < 4.78 is 1.26. The van der Waals surface area contributed by atoms with Gasteiger partial charge < -0.3 is 5.32 Å². The Morgan fingerprint density at radius 2 is 1.68 bits per heavy atom. The van der Waals surface area contributed by atoms with Gasteiger partial charge in [0.25, 0.3) is 0 Å². The van der Waals surface area contributed by atoms with Gasteiger partial charge >= 0.3 is 0 Å². The van der Waals surface area contributed by atoms with Crippen LogP contribution in [0.1, 0.15) is 25.0 Å². The van der Waals surface area contributed by atoms with Crippen LogP contribution in [0.3, 0.4) is 0 Å². The van der Waals surface area contributed by atoms with Crippen molar-refractivity contribution < 1.29 is 0 Å². The molecule has 0 heterocycles. The van der Waals surface area contributed by atoms with E-state index in [9.17, 15) is 0 Å². The van der Waals surface area contributed by atoms with E-state index in [4.69, 9.17) is 0 Å². The molecule has 2 aromatic rings. The van der Waals surface area contributed by atoms with Crippen LogP contribution in [0, 0.1) is 9.49 Å². The van der Waals surface area contributed by atoms with Gasteiger partial charge in [0.2, 0.25) is 0 Å². The molecule has 0 bridgehead atoms. The summed E-state index contributed by atoms with van der Waals surface area (Å²) in [5.41, 5.74) is 3.93. The van der Waals surface area contributed by atoms with Crippen LogP contribution in [0.5, 0.6) is 0 Å². The zero-order valence-corrected chi connectivity index (χ0v) is 13.6. The minimum atomic E-state index is 0.718. The van der Waals surface area contributed by atoms with Crippen LogP contribution < -0.4 is 5.32 Å². The van der Waals surface area contributed by atoms with E-state index >= 15 is 0 Å². The molecule has 0 aromatic heterocycles. The summed E-state index contributed by atoms with van der Waals surface area (Å²) in [6.45, 7) is 5.39. The molecule has 0 atom stereocenters. The van der Waals surface area contributed by atoms with Crippen molar-refractivity contribution in [2.45, 2.75) is 26.8 Å². The zero-order chi connectivity index (χ0) is 13.7. The van der Waals surface area contributed by atoms with Gasteiger partial charge in [0.15, 0.2) is 0 Å². The Morgan fingerprint density at radius 3 is 2.32 bits per heavy atom. The van der Waals surface area contributed by atoms with Gasteiger partial charge in [-0.3, -0.25) is 0 Å². The quantitative estimate of drug-likeness (QED) is 0.727. The van der Waals surface area contributed by atoms with Crippen molar-refractivity contribution >= 4 is 28.3 Å². The average Bonchev–Trinajstić information content (AvgIpc) is 2.37. The summed E-state index contributed by atoms with van der Waals surface area (Å²) >= 11 is 2.34. The van der Waals surface area contributed by atoms with E-state index in [-0.39, 0.29) is 0 Å². The molecule has 0 radical (unpaired) electrons. The van der Waals surface area contributed by atoms with E-state index in [1.54, 1.807) is 0 Å². The highest BCUT2D eigenvalue weighted by atomic mass is 127. The van der Waals surface area contributed by atoms with Crippen molar-refractivity contribution in [3.8, 4) is 0 Å². The first-order valence-electron chi connectivity index (χ1n) is 6.71. The maximum atomic E-state index is 3.46. The van der Waals surface area contributed by atoms with E-state index in [1.165, 1.54) is 20.4 Å². The Hall–Kier alpha value is -1.03. The highest BCUT2D eigenvalue weighted by molar-refractivity contribution is 14.1. The molecule has 0 fully saturated rings. The molecule has 2 heteroatoms. The van der Waals surface area contributed by atoms with Gasteiger partial charge in [-0.05, 0) is 64.3 Å². The Labute approximate surface area is 129 Å². The summed E-state index contributed by atoms with van der Waals surface area (Å²) in [4.78, 5) is 0. The second-order valence-electron chi connectivity index (χ2n) is 5.28. The molecule has 100 valence electrons. The third-order valence-electron chi connectivity index (χ3n) is 2.99. The molecular weight excluding hydrogens is 345 g/mol. The molecule has 1 N–H and O–H groups in total. The molecule has 2 aromatic carbocycles. The van der Waals surface area contributed by atoms with Crippen LogP contribution in [-0.2, 0) is 13.0 Å². The lowest BCUT2D eigenvalue weighted by atomic mass is 10.0. The van der Waals surface area contributed by atoms with E-state index < -0.39 is 0 Å². The molecule has 0 aliphatic carbocycles. The molecule has 0 amide bonds. The molecule has 0 saturated heterocycles. The van der Waals surface area contributed by atoms with Gasteiger partial charge in [0, 0.05) is 15.8 Å². The van der Waals surface area contributed by atoms with E-state index in [0.717, 1.165) is 18.9 Å². The van der Waals surface area contributed by atoms with Crippen LogP contribution in [-0.4, -0.2) is 0 Å². The monoisotopic (exact) mass is 365 g/mol. The fourth-order valence-corrected chi connectivity index (χ4v) is 2.61. The Bertz CT molecular complexity index is 517. The number of rotatable bonds is 5. The number of halogens is 1. The summed E-state index contributed by atoms with van der Waals surface area (Å²) in [6.07, 6.45) is 1.16. The summed E-state index contributed by atoms with van der Waals surface area (Å²) in [5, 5.41) is 3.46. The summed E-state index contributed by atoms with van der Waals surface area (Å²) in [7, 11) is 0.